The van der Waals surface area contributed by atoms with Crippen molar-refractivity contribution in [3.05, 3.63) is 54.6 Å². The molecule has 0 bridgehead atoms. The summed E-state index contributed by atoms with van der Waals surface area (Å²) in [4.78, 5) is 0. The fraction of sp³-hybridized carbons (Fsp3) is 0.250. The zero-order valence-electron chi connectivity index (χ0n) is 10.5. The van der Waals surface area contributed by atoms with Crippen LogP contribution < -0.4 is 5.43 Å². The molecule has 2 aromatic carbocycles. The van der Waals surface area contributed by atoms with Crippen molar-refractivity contribution < 1.29 is 0 Å². The zero-order valence-corrected chi connectivity index (χ0v) is 10.5. The van der Waals surface area contributed by atoms with Crippen LogP contribution >= 0.6 is 0 Å². The van der Waals surface area contributed by atoms with Gasteiger partial charge in [-0.1, -0.05) is 48.5 Å². The van der Waals surface area contributed by atoms with Crippen molar-refractivity contribution in [2.75, 3.05) is 18.5 Å². The van der Waals surface area contributed by atoms with Gasteiger partial charge in [0.25, 0.3) is 0 Å². The van der Waals surface area contributed by atoms with Crippen LogP contribution in [0.1, 0.15) is 12.8 Å². The highest BCUT2D eigenvalue weighted by atomic mass is 15.5. The minimum absolute atomic E-state index is 1.14. The van der Waals surface area contributed by atoms with Crippen LogP contribution in [0.2, 0.25) is 0 Å². The Bertz CT molecular complexity index is 502. The number of benzene rings is 2. The van der Waals surface area contributed by atoms with E-state index in [0.29, 0.717) is 0 Å². The van der Waals surface area contributed by atoms with Gasteiger partial charge in [0, 0.05) is 18.7 Å². The van der Waals surface area contributed by atoms with Gasteiger partial charge in [-0.3, -0.25) is 0 Å². The third-order valence-corrected chi connectivity index (χ3v) is 3.40. The molecule has 3 rings (SSSR count). The van der Waals surface area contributed by atoms with Gasteiger partial charge in [-0.25, -0.2) is 5.01 Å². The van der Waals surface area contributed by atoms with E-state index in [4.69, 9.17) is 0 Å². The number of hydrogen-bond donors (Lipinski definition) is 1. The highest BCUT2D eigenvalue weighted by molar-refractivity contribution is 5.77. The maximum absolute atomic E-state index is 3.54. The van der Waals surface area contributed by atoms with Gasteiger partial charge in [-0.05, 0) is 24.5 Å². The van der Waals surface area contributed by atoms with E-state index in [0.717, 1.165) is 13.1 Å². The quantitative estimate of drug-likeness (QED) is 0.875. The second kappa shape index (κ2) is 5.23. The van der Waals surface area contributed by atoms with Gasteiger partial charge in [0.15, 0.2) is 0 Å². The SMILES string of the molecule is c1ccc(-c2ccccc2NN2CCCC2)cc1. The van der Waals surface area contributed by atoms with Crippen LogP contribution in [0, 0.1) is 0 Å². The van der Waals surface area contributed by atoms with Crippen molar-refractivity contribution in [1.29, 1.82) is 0 Å². The lowest BCUT2D eigenvalue weighted by Gasteiger charge is -2.20. The van der Waals surface area contributed by atoms with Crippen molar-refractivity contribution in [2.24, 2.45) is 0 Å². The summed E-state index contributed by atoms with van der Waals surface area (Å²) in [5, 5.41) is 2.31. The van der Waals surface area contributed by atoms with Crippen LogP contribution in [0.4, 0.5) is 5.69 Å². The second-order valence-corrected chi connectivity index (χ2v) is 4.72. The maximum atomic E-state index is 3.54. The Labute approximate surface area is 108 Å². The molecule has 2 nitrogen and oxygen atoms in total. The third kappa shape index (κ3) is 2.39. The molecule has 2 heteroatoms. The average Bonchev–Trinajstić information content (AvgIpc) is 2.93. The fourth-order valence-electron chi connectivity index (χ4n) is 2.45. The fourth-order valence-corrected chi connectivity index (χ4v) is 2.45. The number of nitrogens with one attached hydrogen (secondary N) is 1. The van der Waals surface area contributed by atoms with E-state index in [1.165, 1.54) is 29.7 Å². The highest BCUT2D eigenvalue weighted by Crippen LogP contribution is 2.28. The molecule has 0 saturated carbocycles. The monoisotopic (exact) mass is 238 g/mol. The molecule has 18 heavy (non-hydrogen) atoms. The van der Waals surface area contributed by atoms with Gasteiger partial charge in [0.1, 0.15) is 0 Å². The number of anilines is 1. The normalized spacial score (nSPS) is 15.8. The van der Waals surface area contributed by atoms with Crippen molar-refractivity contribution >= 4 is 5.69 Å². The first-order chi connectivity index (χ1) is 8.93. The molecule has 0 aliphatic carbocycles. The van der Waals surface area contributed by atoms with Gasteiger partial charge in [-0.2, -0.15) is 0 Å². The Balaban J connectivity index is 1.90. The molecule has 1 aliphatic heterocycles. The molecule has 0 unspecified atom stereocenters. The van der Waals surface area contributed by atoms with Crippen LogP contribution in [-0.4, -0.2) is 18.1 Å². The molecule has 0 amide bonds. The zero-order chi connectivity index (χ0) is 12.2. The topological polar surface area (TPSA) is 15.3 Å². The second-order valence-electron chi connectivity index (χ2n) is 4.72. The van der Waals surface area contributed by atoms with Gasteiger partial charge < -0.3 is 5.43 Å². The van der Waals surface area contributed by atoms with Gasteiger partial charge in [0.05, 0.1) is 5.69 Å². The number of hydrogen-bond acceptors (Lipinski definition) is 2. The lowest BCUT2D eigenvalue weighted by molar-refractivity contribution is 0.410. The number of hydrazine groups is 1. The molecule has 0 spiro atoms. The van der Waals surface area contributed by atoms with Crippen LogP contribution in [0.5, 0.6) is 0 Å². The van der Waals surface area contributed by atoms with Crippen LogP contribution in [-0.2, 0) is 0 Å². The smallest absolute Gasteiger partial charge is 0.0568 e. The molecular formula is C16H18N2. The Morgan fingerprint density at radius 1 is 0.778 bits per heavy atom. The molecule has 1 heterocycles. The molecule has 1 N–H and O–H groups in total. The molecule has 0 atom stereocenters. The highest BCUT2D eigenvalue weighted by Gasteiger charge is 2.12. The minimum Gasteiger partial charge on any atom is -0.318 e. The van der Waals surface area contributed by atoms with E-state index in [2.05, 4.69) is 65.0 Å². The summed E-state index contributed by atoms with van der Waals surface area (Å²) in [5.74, 6) is 0. The summed E-state index contributed by atoms with van der Waals surface area (Å²) in [7, 11) is 0. The standard InChI is InChI=1S/C16H18N2/c1-2-8-14(9-3-1)15-10-4-5-11-16(15)17-18-12-6-7-13-18/h1-5,8-11,17H,6-7,12-13H2. The summed E-state index contributed by atoms with van der Waals surface area (Å²) in [6.07, 6.45) is 2.58. The van der Waals surface area contributed by atoms with E-state index < -0.39 is 0 Å². The largest absolute Gasteiger partial charge is 0.318 e. The van der Waals surface area contributed by atoms with Crippen LogP contribution in [0.15, 0.2) is 54.6 Å². The molecule has 1 aliphatic rings. The van der Waals surface area contributed by atoms with Gasteiger partial charge in [-0.15, -0.1) is 0 Å². The summed E-state index contributed by atoms with van der Waals surface area (Å²) in [6, 6.07) is 19.1. The Morgan fingerprint density at radius 3 is 2.22 bits per heavy atom. The molecule has 1 fully saturated rings. The first-order valence-electron chi connectivity index (χ1n) is 6.59. The van der Waals surface area contributed by atoms with E-state index in [-0.39, 0.29) is 0 Å². The molecule has 0 aromatic heterocycles. The van der Waals surface area contributed by atoms with E-state index in [1.807, 2.05) is 0 Å². The summed E-state index contributed by atoms with van der Waals surface area (Å²) in [5.41, 5.74) is 7.27. The van der Waals surface area contributed by atoms with Crippen LogP contribution in [0.25, 0.3) is 11.1 Å². The first-order valence-corrected chi connectivity index (χ1v) is 6.59. The third-order valence-electron chi connectivity index (χ3n) is 3.40. The lowest BCUT2D eigenvalue weighted by Crippen LogP contribution is -2.26. The van der Waals surface area contributed by atoms with Crippen molar-refractivity contribution in [3.63, 3.8) is 0 Å². The number of para-hydroxylation sites is 1. The maximum Gasteiger partial charge on any atom is 0.0568 e. The molecular weight excluding hydrogens is 220 g/mol. The van der Waals surface area contributed by atoms with E-state index in [9.17, 15) is 0 Å². The molecule has 0 radical (unpaired) electrons. The van der Waals surface area contributed by atoms with Crippen molar-refractivity contribution in [2.45, 2.75) is 12.8 Å². The molecule has 1 saturated heterocycles. The first kappa shape index (κ1) is 11.3. The van der Waals surface area contributed by atoms with Crippen molar-refractivity contribution in [3.8, 4) is 11.1 Å². The molecule has 2 aromatic rings. The number of rotatable bonds is 3. The minimum atomic E-state index is 1.14. The summed E-state index contributed by atoms with van der Waals surface area (Å²) in [6.45, 7) is 2.28. The van der Waals surface area contributed by atoms with E-state index >= 15 is 0 Å². The Kier molecular flexibility index (Phi) is 3.29. The van der Waals surface area contributed by atoms with Crippen LogP contribution in [0.3, 0.4) is 0 Å². The summed E-state index contributed by atoms with van der Waals surface area (Å²) < 4.78 is 0. The van der Waals surface area contributed by atoms with E-state index in [1.54, 1.807) is 0 Å². The van der Waals surface area contributed by atoms with Gasteiger partial charge >= 0.3 is 0 Å². The molecule has 92 valence electrons. The average molecular weight is 238 g/mol. The Hall–Kier alpha value is -1.80. The predicted molar refractivity (Wildman–Crippen MR) is 76.3 cm³/mol. The predicted octanol–water partition coefficient (Wildman–Crippen LogP) is 3.78. The Morgan fingerprint density at radius 2 is 1.44 bits per heavy atom. The lowest BCUT2D eigenvalue weighted by atomic mass is 10.0. The van der Waals surface area contributed by atoms with Gasteiger partial charge in [0.2, 0.25) is 0 Å². The van der Waals surface area contributed by atoms with Crippen molar-refractivity contribution in [1.82, 2.24) is 5.01 Å². The number of nitrogens with zero attached hydrogens (tertiary/aromatic N) is 1. The summed E-state index contributed by atoms with van der Waals surface area (Å²) >= 11 is 0.